The normalized spacial score (nSPS) is 13.3. The predicted molar refractivity (Wildman–Crippen MR) is 115 cm³/mol. The summed E-state index contributed by atoms with van der Waals surface area (Å²) in [6, 6.07) is 10.3. The van der Waals surface area contributed by atoms with Gasteiger partial charge < -0.3 is 4.74 Å². The van der Waals surface area contributed by atoms with Gasteiger partial charge in [0.1, 0.15) is 12.2 Å². The second kappa shape index (κ2) is 9.88. The Morgan fingerprint density at radius 3 is 1.52 bits per heavy atom. The van der Waals surface area contributed by atoms with Gasteiger partial charge in [0.15, 0.2) is 12.7 Å². The van der Waals surface area contributed by atoms with E-state index < -0.39 is 12.2 Å². The lowest BCUT2D eigenvalue weighted by Gasteiger charge is -2.26. The first-order valence-corrected chi connectivity index (χ1v) is 10.5. The highest BCUT2D eigenvalue weighted by Crippen LogP contribution is 2.36. The minimum Gasteiger partial charge on any atom is -0.361 e. The Morgan fingerprint density at radius 2 is 1.16 bits per heavy atom. The van der Waals surface area contributed by atoms with E-state index in [1.54, 1.807) is 36.4 Å². The maximum atomic E-state index is 6.50. The second-order valence-electron chi connectivity index (χ2n) is 6.43. The fraction of sp³-hybridized carbons (Fsp3) is 0.222. The van der Waals surface area contributed by atoms with Crippen LogP contribution in [0.2, 0.25) is 20.1 Å². The van der Waals surface area contributed by atoms with Crippen LogP contribution in [0.3, 0.4) is 0 Å². The van der Waals surface area contributed by atoms with Crippen molar-refractivity contribution in [3.8, 4) is 0 Å². The summed E-state index contributed by atoms with van der Waals surface area (Å²) >= 11 is 25.1. The largest absolute Gasteiger partial charge is 0.361 e. The molecule has 0 amide bonds. The van der Waals surface area contributed by atoms with E-state index in [-0.39, 0.29) is 13.1 Å². The van der Waals surface area contributed by atoms with Crippen LogP contribution in [0.4, 0.5) is 0 Å². The molecule has 13 heteroatoms. The van der Waals surface area contributed by atoms with Crippen molar-refractivity contribution in [3.63, 3.8) is 0 Å². The number of tetrazole rings is 2. The van der Waals surface area contributed by atoms with E-state index in [1.165, 1.54) is 22.2 Å². The molecule has 4 aromatic rings. The summed E-state index contributed by atoms with van der Waals surface area (Å²) in [6.07, 6.45) is 1.54. The van der Waals surface area contributed by atoms with Crippen molar-refractivity contribution in [1.29, 1.82) is 0 Å². The summed E-state index contributed by atoms with van der Waals surface area (Å²) in [4.78, 5) is 2.81. The lowest BCUT2D eigenvalue weighted by atomic mass is 10.1. The first-order valence-electron chi connectivity index (χ1n) is 8.96. The highest BCUT2D eigenvalue weighted by atomic mass is 35.5. The Bertz CT molecular complexity index is 1050. The first-order chi connectivity index (χ1) is 15.0. The molecular weight excluding hydrogens is 486 g/mol. The zero-order valence-corrected chi connectivity index (χ0v) is 18.7. The molecule has 0 saturated heterocycles. The fourth-order valence-corrected chi connectivity index (χ4v) is 4.05. The van der Waals surface area contributed by atoms with Gasteiger partial charge in [0.05, 0.1) is 13.1 Å². The van der Waals surface area contributed by atoms with Crippen molar-refractivity contribution >= 4 is 46.4 Å². The van der Waals surface area contributed by atoms with E-state index in [1.807, 2.05) is 0 Å². The Morgan fingerprint density at radius 1 is 0.710 bits per heavy atom. The highest BCUT2D eigenvalue weighted by molar-refractivity contribution is 6.35. The Labute approximate surface area is 196 Å². The van der Waals surface area contributed by atoms with Crippen LogP contribution in [0.25, 0.3) is 0 Å². The summed E-state index contributed by atoms with van der Waals surface area (Å²) in [7, 11) is 0. The third kappa shape index (κ3) is 5.50. The molecule has 0 aliphatic carbocycles. The molecule has 0 aliphatic rings. The van der Waals surface area contributed by atoms with Gasteiger partial charge in [-0.3, -0.25) is 0 Å². The van der Waals surface area contributed by atoms with Crippen molar-refractivity contribution in [2.24, 2.45) is 0 Å². The number of ether oxygens (including phenoxy) is 1. The molecule has 0 spiro atoms. The predicted octanol–water partition coefficient (Wildman–Crippen LogP) is 4.47. The summed E-state index contributed by atoms with van der Waals surface area (Å²) in [5.41, 5.74) is 1.40. The first kappa shape index (κ1) is 21.9. The molecule has 0 radical (unpaired) electrons. The maximum Gasteiger partial charge on any atom is 0.162 e. The number of hydrogen-bond donors (Lipinski definition) is 0. The lowest BCUT2D eigenvalue weighted by Crippen LogP contribution is -2.22. The summed E-state index contributed by atoms with van der Waals surface area (Å²) in [6.45, 7) is 0.488. The van der Waals surface area contributed by atoms with E-state index >= 15 is 0 Å². The summed E-state index contributed by atoms with van der Waals surface area (Å²) < 4.78 is 6.50. The van der Waals surface area contributed by atoms with Gasteiger partial charge in [0.25, 0.3) is 0 Å². The molecule has 9 nitrogen and oxygen atoms in total. The third-order valence-corrected chi connectivity index (χ3v) is 5.51. The van der Waals surface area contributed by atoms with Crippen LogP contribution in [0.1, 0.15) is 23.3 Å². The molecule has 0 aliphatic heterocycles. The lowest BCUT2D eigenvalue weighted by molar-refractivity contribution is -0.0395. The quantitative estimate of drug-likeness (QED) is 0.352. The molecule has 0 fully saturated rings. The molecule has 2 aromatic carbocycles. The zero-order chi connectivity index (χ0) is 21.8. The van der Waals surface area contributed by atoms with Crippen LogP contribution in [-0.4, -0.2) is 40.4 Å². The van der Waals surface area contributed by atoms with E-state index in [0.29, 0.717) is 31.2 Å². The summed E-state index contributed by atoms with van der Waals surface area (Å²) in [5.74, 6) is 0. The van der Waals surface area contributed by atoms with Crippen LogP contribution in [0.5, 0.6) is 0 Å². The van der Waals surface area contributed by atoms with E-state index in [9.17, 15) is 0 Å². The third-order valence-electron chi connectivity index (χ3n) is 4.39. The number of benzene rings is 2. The molecule has 160 valence electrons. The second-order valence-corrected chi connectivity index (χ2v) is 8.11. The zero-order valence-electron chi connectivity index (χ0n) is 15.7. The van der Waals surface area contributed by atoms with Gasteiger partial charge in [0, 0.05) is 31.2 Å². The van der Waals surface area contributed by atoms with Gasteiger partial charge in [-0.25, -0.2) is 0 Å². The topological polar surface area (TPSA) is 96.4 Å². The smallest absolute Gasteiger partial charge is 0.162 e. The molecule has 0 bridgehead atoms. The van der Waals surface area contributed by atoms with Crippen molar-refractivity contribution in [2.45, 2.75) is 25.3 Å². The van der Waals surface area contributed by atoms with Crippen LogP contribution < -0.4 is 0 Å². The molecule has 2 aromatic heterocycles. The van der Waals surface area contributed by atoms with Gasteiger partial charge in [-0.1, -0.05) is 58.5 Å². The molecule has 31 heavy (non-hydrogen) atoms. The minimum atomic E-state index is -0.570. The van der Waals surface area contributed by atoms with E-state index in [0.717, 1.165) is 0 Å². The maximum absolute atomic E-state index is 6.50. The monoisotopic (exact) mass is 498 g/mol. The molecular formula is C18H14Cl4N8O. The van der Waals surface area contributed by atoms with Crippen molar-refractivity contribution in [1.82, 2.24) is 40.4 Å². The number of nitrogens with zero attached hydrogens (tertiary/aromatic N) is 8. The number of hydrogen-bond acceptors (Lipinski definition) is 7. The summed E-state index contributed by atoms with van der Waals surface area (Å²) in [5, 5.41) is 25.4. The Kier molecular flexibility index (Phi) is 6.99. The van der Waals surface area contributed by atoms with Gasteiger partial charge >= 0.3 is 0 Å². The Hall–Kier alpha value is -2.30. The van der Waals surface area contributed by atoms with E-state index in [2.05, 4.69) is 30.8 Å². The minimum absolute atomic E-state index is 0.244. The van der Waals surface area contributed by atoms with Crippen molar-refractivity contribution in [3.05, 3.63) is 80.3 Å². The molecule has 0 saturated carbocycles. The average Bonchev–Trinajstić information content (AvgIpc) is 3.41. The standard InChI is InChI=1S/C18H14Cl4N8O/c19-11-1-3-13(15(21)5-11)17(7-29-25-9-23-27-29)31-18(8-30-26-10-24-28-30)14-4-2-12(20)6-16(14)22/h1-6,9-10,17-18H,7-8H2/t17-,18-/m1/s1. The fourth-order valence-electron chi connectivity index (χ4n) is 2.99. The molecule has 2 atom stereocenters. The van der Waals surface area contributed by atoms with Crippen LogP contribution in [-0.2, 0) is 17.8 Å². The van der Waals surface area contributed by atoms with Crippen LogP contribution >= 0.6 is 46.4 Å². The van der Waals surface area contributed by atoms with Gasteiger partial charge in [-0.05, 0) is 34.7 Å². The average molecular weight is 500 g/mol. The molecule has 4 rings (SSSR count). The van der Waals surface area contributed by atoms with Gasteiger partial charge in [-0.2, -0.15) is 9.59 Å². The Balaban J connectivity index is 1.71. The van der Waals surface area contributed by atoms with Gasteiger partial charge in [0.2, 0.25) is 0 Å². The van der Waals surface area contributed by atoms with E-state index in [4.69, 9.17) is 51.1 Å². The van der Waals surface area contributed by atoms with Crippen molar-refractivity contribution in [2.75, 3.05) is 0 Å². The highest BCUT2D eigenvalue weighted by Gasteiger charge is 2.26. The van der Waals surface area contributed by atoms with Crippen LogP contribution in [0.15, 0.2) is 49.1 Å². The molecule has 2 heterocycles. The number of aromatic nitrogens is 8. The number of rotatable bonds is 8. The molecule has 0 N–H and O–H groups in total. The SMILES string of the molecule is Clc1ccc([C@@H](Cn2ncnn2)O[C@H](Cn2ncnn2)c2ccc(Cl)cc2Cl)c(Cl)c1. The van der Waals surface area contributed by atoms with Crippen molar-refractivity contribution < 1.29 is 4.74 Å². The van der Waals surface area contributed by atoms with Crippen LogP contribution in [0, 0.1) is 0 Å². The molecule has 0 unspecified atom stereocenters. The van der Waals surface area contributed by atoms with Gasteiger partial charge in [-0.15, -0.1) is 20.4 Å². The number of halogens is 4.